The summed E-state index contributed by atoms with van der Waals surface area (Å²) in [6, 6.07) is 9.75. The highest BCUT2D eigenvalue weighted by atomic mass is 16.2. The van der Waals surface area contributed by atoms with E-state index in [1.165, 1.54) is 6.08 Å². The molecule has 1 aromatic carbocycles. The number of hydrogen-bond donors (Lipinski definition) is 0. The number of carbonyl (C=O) groups excluding carboxylic acids is 2. The maximum atomic E-state index is 12.2. The van der Waals surface area contributed by atoms with Crippen LogP contribution in [0.5, 0.6) is 0 Å². The zero-order valence-corrected chi connectivity index (χ0v) is 11.8. The van der Waals surface area contributed by atoms with Gasteiger partial charge in [-0.3, -0.25) is 9.59 Å². The van der Waals surface area contributed by atoms with Gasteiger partial charge in [0.1, 0.15) is 0 Å². The molecule has 0 unspecified atom stereocenters. The number of benzene rings is 1. The molecule has 0 radical (unpaired) electrons. The number of piperidine rings is 1. The molecule has 1 fully saturated rings. The SMILES string of the molecule is C=CC(=O)N(c1ccccc1)C1CCN(C(C)=O)CC1. The van der Waals surface area contributed by atoms with Gasteiger partial charge in [-0.15, -0.1) is 0 Å². The summed E-state index contributed by atoms with van der Waals surface area (Å²) < 4.78 is 0. The molecule has 1 aromatic rings. The first-order chi connectivity index (χ1) is 9.63. The highest BCUT2D eigenvalue weighted by Gasteiger charge is 2.28. The van der Waals surface area contributed by atoms with E-state index in [9.17, 15) is 9.59 Å². The van der Waals surface area contributed by atoms with E-state index in [1.807, 2.05) is 35.2 Å². The van der Waals surface area contributed by atoms with Crippen molar-refractivity contribution in [2.45, 2.75) is 25.8 Å². The maximum absolute atomic E-state index is 12.2. The number of carbonyl (C=O) groups is 2. The van der Waals surface area contributed by atoms with Gasteiger partial charge in [-0.25, -0.2) is 0 Å². The molecule has 1 heterocycles. The summed E-state index contributed by atoms with van der Waals surface area (Å²) in [5, 5.41) is 0. The number of amides is 2. The van der Waals surface area contributed by atoms with Gasteiger partial charge in [-0.05, 0) is 31.1 Å². The molecule has 1 aliphatic heterocycles. The summed E-state index contributed by atoms with van der Waals surface area (Å²) in [5.41, 5.74) is 0.888. The lowest BCUT2D eigenvalue weighted by Crippen LogP contribution is -2.48. The minimum absolute atomic E-state index is 0.0857. The first-order valence-electron chi connectivity index (χ1n) is 6.89. The third-order valence-corrected chi connectivity index (χ3v) is 3.72. The zero-order chi connectivity index (χ0) is 14.5. The van der Waals surface area contributed by atoms with Gasteiger partial charge in [-0.2, -0.15) is 0 Å². The smallest absolute Gasteiger partial charge is 0.250 e. The molecule has 4 heteroatoms. The summed E-state index contributed by atoms with van der Waals surface area (Å²) in [4.78, 5) is 27.1. The monoisotopic (exact) mass is 272 g/mol. The summed E-state index contributed by atoms with van der Waals surface area (Å²) in [5.74, 6) is 0.0160. The largest absolute Gasteiger partial charge is 0.343 e. The maximum Gasteiger partial charge on any atom is 0.250 e. The molecule has 0 N–H and O–H groups in total. The Balaban J connectivity index is 2.15. The Hall–Kier alpha value is -2.10. The topological polar surface area (TPSA) is 40.6 Å². The van der Waals surface area contributed by atoms with E-state index >= 15 is 0 Å². The molecule has 1 aliphatic rings. The zero-order valence-electron chi connectivity index (χ0n) is 11.8. The quantitative estimate of drug-likeness (QED) is 0.792. The minimum Gasteiger partial charge on any atom is -0.343 e. The molecular formula is C16H20N2O2. The Labute approximate surface area is 119 Å². The molecule has 4 nitrogen and oxygen atoms in total. The van der Waals surface area contributed by atoms with Crippen molar-refractivity contribution < 1.29 is 9.59 Å². The fourth-order valence-electron chi connectivity index (χ4n) is 2.64. The summed E-state index contributed by atoms with van der Waals surface area (Å²) in [6.07, 6.45) is 2.95. The molecule has 0 saturated carbocycles. The Morgan fingerprint density at radius 1 is 1.25 bits per heavy atom. The molecule has 2 rings (SSSR count). The van der Waals surface area contributed by atoms with Crippen molar-refractivity contribution in [3.05, 3.63) is 43.0 Å². The van der Waals surface area contributed by atoms with Crippen molar-refractivity contribution in [3.63, 3.8) is 0 Å². The minimum atomic E-state index is -0.0857. The molecule has 106 valence electrons. The fourth-order valence-corrected chi connectivity index (χ4v) is 2.64. The molecule has 0 spiro atoms. The lowest BCUT2D eigenvalue weighted by Gasteiger charge is -2.37. The van der Waals surface area contributed by atoms with Gasteiger partial charge in [0.2, 0.25) is 5.91 Å². The van der Waals surface area contributed by atoms with Crippen molar-refractivity contribution in [2.24, 2.45) is 0 Å². The van der Waals surface area contributed by atoms with Gasteiger partial charge in [0, 0.05) is 31.7 Å². The number of anilines is 1. The molecule has 0 atom stereocenters. The second-order valence-electron chi connectivity index (χ2n) is 4.99. The van der Waals surface area contributed by atoms with Crippen LogP contribution in [0.15, 0.2) is 43.0 Å². The molecular weight excluding hydrogens is 252 g/mol. The van der Waals surface area contributed by atoms with E-state index in [1.54, 1.807) is 11.8 Å². The molecule has 0 bridgehead atoms. The van der Waals surface area contributed by atoms with Crippen LogP contribution in [0.1, 0.15) is 19.8 Å². The number of likely N-dealkylation sites (tertiary alicyclic amines) is 1. The molecule has 1 saturated heterocycles. The van der Waals surface area contributed by atoms with Crippen molar-refractivity contribution in [2.75, 3.05) is 18.0 Å². The molecule has 0 aliphatic carbocycles. The Morgan fingerprint density at radius 3 is 2.35 bits per heavy atom. The average Bonchev–Trinajstić information content (AvgIpc) is 2.49. The van der Waals surface area contributed by atoms with Crippen LogP contribution in [0.3, 0.4) is 0 Å². The van der Waals surface area contributed by atoms with Gasteiger partial charge in [-0.1, -0.05) is 24.8 Å². The number of para-hydroxylation sites is 1. The van der Waals surface area contributed by atoms with Crippen molar-refractivity contribution >= 4 is 17.5 Å². The van der Waals surface area contributed by atoms with Gasteiger partial charge in [0.25, 0.3) is 5.91 Å². The number of nitrogens with zero attached hydrogens (tertiary/aromatic N) is 2. The van der Waals surface area contributed by atoms with Crippen molar-refractivity contribution in [1.29, 1.82) is 0 Å². The first kappa shape index (κ1) is 14.3. The van der Waals surface area contributed by atoms with E-state index in [4.69, 9.17) is 0 Å². The molecule has 2 amide bonds. The van der Waals surface area contributed by atoms with Crippen molar-refractivity contribution in [1.82, 2.24) is 4.90 Å². The Kier molecular flexibility index (Phi) is 4.56. The van der Waals surface area contributed by atoms with E-state index in [-0.39, 0.29) is 17.9 Å². The highest BCUT2D eigenvalue weighted by Crippen LogP contribution is 2.24. The van der Waals surface area contributed by atoms with E-state index in [2.05, 4.69) is 6.58 Å². The normalized spacial score (nSPS) is 15.8. The average molecular weight is 272 g/mol. The van der Waals surface area contributed by atoms with E-state index in [0.29, 0.717) is 13.1 Å². The standard InChI is InChI=1S/C16H20N2O2/c1-3-16(20)18(14-7-5-4-6-8-14)15-9-11-17(12-10-15)13(2)19/h3-8,15H,1,9-12H2,2H3. The Morgan fingerprint density at radius 2 is 1.85 bits per heavy atom. The summed E-state index contributed by atoms with van der Waals surface area (Å²) >= 11 is 0. The van der Waals surface area contributed by atoms with Crippen LogP contribution in [-0.2, 0) is 9.59 Å². The number of hydrogen-bond acceptors (Lipinski definition) is 2. The lowest BCUT2D eigenvalue weighted by atomic mass is 10.0. The molecule has 0 aromatic heterocycles. The summed E-state index contributed by atoms with van der Waals surface area (Å²) in [7, 11) is 0. The second-order valence-corrected chi connectivity index (χ2v) is 4.99. The van der Waals surface area contributed by atoms with Gasteiger partial charge in [0.15, 0.2) is 0 Å². The third kappa shape index (κ3) is 3.07. The van der Waals surface area contributed by atoms with Crippen LogP contribution in [-0.4, -0.2) is 35.8 Å². The van der Waals surface area contributed by atoms with E-state index < -0.39 is 0 Å². The van der Waals surface area contributed by atoms with Gasteiger partial charge >= 0.3 is 0 Å². The van der Waals surface area contributed by atoms with Gasteiger partial charge in [0.05, 0.1) is 0 Å². The summed E-state index contributed by atoms with van der Waals surface area (Å²) in [6.45, 7) is 6.58. The van der Waals surface area contributed by atoms with Crippen LogP contribution < -0.4 is 4.90 Å². The third-order valence-electron chi connectivity index (χ3n) is 3.72. The Bertz CT molecular complexity index is 490. The predicted octanol–water partition coefficient (Wildman–Crippen LogP) is 2.22. The van der Waals surface area contributed by atoms with Crippen molar-refractivity contribution in [3.8, 4) is 0 Å². The first-order valence-corrected chi connectivity index (χ1v) is 6.89. The fraction of sp³-hybridized carbons (Fsp3) is 0.375. The van der Waals surface area contributed by atoms with E-state index in [0.717, 1.165) is 18.5 Å². The van der Waals surface area contributed by atoms with Crippen LogP contribution in [0.2, 0.25) is 0 Å². The van der Waals surface area contributed by atoms with Crippen LogP contribution in [0, 0.1) is 0 Å². The van der Waals surface area contributed by atoms with Crippen LogP contribution in [0.25, 0.3) is 0 Å². The number of rotatable bonds is 3. The highest BCUT2D eigenvalue weighted by molar-refractivity contribution is 6.01. The van der Waals surface area contributed by atoms with Gasteiger partial charge < -0.3 is 9.80 Å². The van der Waals surface area contributed by atoms with Crippen LogP contribution >= 0.6 is 0 Å². The molecule has 20 heavy (non-hydrogen) atoms. The predicted molar refractivity (Wildman–Crippen MR) is 79.4 cm³/mol. The lowest BCUT2D eigenvalue weighted by molar-refractivity contribution is -0.129. The van der Waals surface area contributed by atoms with Crippen LogP contribution in [0.4, 0.5) is 5.69 Å². The second kappa shape index (κ2) is 6.37.